The Hall–Kier alpha value is -1.14. The predicted molar refractivity (Wildman–Crippen MR) is 52.9 cm³/mol. The summed E-state index contributed by atoms with van der Waals surface area (Å²) in [4.78, 5) is 10.4. The number of nitrogens with one attached hydrogen (secondary N) is 1. The number of carbonyl (C=O) groups excluding carboxylic acids is 1. The lowest BCUT2D eigenvalue weighted by Gasteiger charge is -2.15. The van der Waals surface area contributed by atoms with Gasteiger partial charge in [0, 0.05) is 14.2 Å². The molecule has 82 valence electrons. The number of primary amides is 1. The Bertz CT molecular complexity index is 202. The number of methoxy groups -OCH3 is 2. The van der Waals surface area contributed by atoms with E-state index >= 15 is 0 Å². The Labute approximate surface area is 83.4 Å². The van der Waals surface area contributed by atoms with Crippen molar-refractivity contribution in [3.8, 4) is 0 Å². The van der Waals surface area contributed by atoms with Gasteiger partial charge >= 0.3 is 6.03 Å². The molecule has 0 aliphatic carbocycles. The molecule has 0 atom stereocenters. The number of ether oxygens (including phenoxy) is 2. The summed E-state index contributed by atoms with van der Waals surface area (Å²) in [6.07, 6.45) is 1.01. The number of nitrogens with two attached hydrogens (primary N) is 1. The summed E-state index contributed by atoms with van der Waals surface area (Å²) in [5.41, 5.74) is 7.64. The highest BCUT2D eigenvalue weighted by molar-refractivity contribution is 5.88. The second kappa shape index (κ2) is 7.28. The van der Waals surface area contributed by atoms with Gasteiger partial charge in [-0.3, -0.25) is 0 Å². The van der Waals surface area contributed by atoms with Crippen molar-refractivity contribution in [1.82, 2.24) is 5.43 Å². The molecule has 6 heteroatoms. The average molecular weight is 203 g/mol. The molecule has 0 aromatic rings. The minimum atomic E-state index is -0.704. The average Bonchev–Trinajstić information content (AvgIpc) is 2.15. The van der Waals surface area contributed by atoms with Crippen molar-refractivity contribution in [2.24, 2.45) is 10.8 Å². The maximum Gasteiger partial charge on any atom is 0.332 e. The van der Waals surface area contributed by atoms with E-state index in [0.29, 0.717) is 12.1 Å². The molecule has 0 aliphatic rings. The molecule has 0 fully saturated rings. The molecule has 0 rings (SSSR count). The summed E-state index contributed by atoms with van der Waals surface area (Å²) in [5.74, 6) is 0. The van der Waals surface area contributed by atoms with Crippen LogP contribution in [0.5, 0.6) is 0 Å². The Kier molecular flexibility index (Phi) is 6.69. The van der Waals surface area contributed by atoms with Gasteiger partial charge in [0.05, 0.1) is 5.71 Å². The van der Waals surface area contributed by atoms with Crippen LogP contribution in [0.2, 0.25) is 0 Å². The number of amides is 2. The number of carbonyl (C=O) groups is 1. The van der Waals surface area contributed by atoms with E-state index < -0.39 is 12.3 Å². The minimum Gasteiger partial charge on any atom is -0.351 e. The van der Waals surface area contributed by atoms with Gasteiger partial charge in [-0.25, -0.2) is 10.2 Å². The van der Waals surface area contributed by atoms with Gasteiger partial charge in [-0.1, -0.05) is 13.3 Å². The fourth-order valence-corrected chi connectivity index (χ4v) is 0.978. The topological polar surface area (TPSA) is 85.9 Å². The van der Waals surface area contributed by atoms with Gasteiger partial charge in [0.15, 0.2) is 6.29 Å². The van der Waals surface area contributed by atoms with Crippen LogP contribution in [-0.2, 0) is 9.47 Å². The lowest BCUT2D eigenvalue weighted by Crippen LogP contribution is -2.31. The van der Waals surface area contributed by atoms with E-state index in [-0.39, 0.29) is 0 Å². The van der Waals surface area contributed by atoms with Crippen LogP contribution in [0, 0.1) is 0 Å². The summed E-state index contributed by atoms with van der Waals surface area (Å²) in [6, 6.07) is -0.704. The molecule has 0 bridgehead atoms. The highest BCUT2D eigenvalue weighted by Crippen LogP contribution is 2.02. The van der Waals surface area contributed by atoms with Crippen LogP contribution in [-0.4, -0.2) is 32.3 Å². The van der Waals surface area contributed by atoms with Gasteiger partial charge in [0.25, 0.3) is 0 Å². The molecule has 0 saturated heterocycles. The van der Waals surface area contributed by atoms with E-state index in [1.807, 2.05) is 6.92 Å². The standard InChI is InChI=1S/C8H17N3O3/c1-4-5-6(7(13-2)14-3)10-11-8(9)12/h7H,4-5H2,1-3H3,(H3,9,11,12)/b10-6-. The van der Waals surface area contributed by atoms with Crippen LogP contribution in [0.15, 0.2) is 5.10 Å². The van der Waals surface area contributed by atoms with Crippen LogP contribution in [0.3, 0.4) is 0 Å². The fraction of sp³-hybridized carbons (Fsp3) is 0.750. The first-order chi connectivity index (χ1) is 6.65. The summed E-state index contributed by atoms with van der Waals surface area (Å²) in [7, 11) is 3.01. The molecule has 0 saturated carbocycles. The van der Waals surface area contributed by atoms with E-state index in [1.54, 1.807) is 0 Å². The second-order valence-corrected chi connectivity index (χ2v) is 2.63. The number of nitrogens with zero attached hydrogens (tertiary/aromatic N) is 1. The monoisotopic (exact) mass is 203 g/mol. The van der Waals surface area contributed by atoms with Crippen molar-refractivity contribution in [3.05, 3.63) is 0 Å². The molecule has 6 nitrogen and oxygen atoms in total. The van der Waals surface area contributed by atoms with Crippen molar-refractivity contribution >= 4 is 11.7 Å². The van der Waals surface area contributed by atoms with Crippen molar-refractivity contribution in [3.63, 3.8) is 0 Å². The molecular weight excluding hydrogens is 186 g/mol. The largest absolute Gasteiger partial charge is 0.351 e. The maximum absolute atomic E-state index is 10.4. The Morgan fingerprint density at radius 2 is 2.07 bits per heavy atom. The molecule has 0 heterocycles. The lowest BCUT2D eigenvalue weighted by atomic mass is 10.2. The summed E-state index contributed by atoms with van der Waals surface area (Å²) < 4.78 is 10.0. The van der Waals surface area contributed by atoms with E-state index in [0.717, 1.165) is 6.42 Å². The molecule has 0 aliphatic heterocycles. The lowest BCUT2D eigenvalue weighted by molar-refractivity contribution is -0.0534. The maximum atomic E-state index is 10.4. The molecule has 0 radical (unpaired) electrons. The Morgan fingerprint density at radius 1 is 1.50 bits per heavy atom. The summed E-state index contributed by atoms with van der Waals surface area (Å²) in [6.45, 7) is 1.99. The van der Waals surface area contributed by atoms with Crippen molar-refractivity contribution in [2.75, 3.05) is 14.2 Å². The highest BCUT2D eigenvalue weighted by Gasteiger charge is 2.13. The first-order valence-corrected chi connectivity index (χ1v) is 4.33. The quantitative estimate of drug-likeness (QED) is 0.373. The number of urea groups is 1. The number of rotatable bonds is 6. The smallest absolute Gasteiger partial charge is 0.332 e. The SMILES string of the molecule is CCC/C(=N/NC(N)=O)C(OC)OC. The molecule has 0 aromatic heterocycles. The van der Waals surface area contributed by atoms with Crippen LogP contribution in [0.1, 0.15) is 19.8 Å². The van der Waals surface area contributed by atoms with E-state index in [1.165, 1.54) is 14.2 Å². The molecule has 0 aromatic carbocycles. The van der Waals surface area contributed by atoms with Crippen molar-refractivity contribution < 1.29 is 14.3 Å². The first-order valence-electron chi connectivity index (χ1n) is 4.33. The van der Waals surface area contributed by atoms with Gasteiger partial charge < -0.3 is 15.2 Å². The predicted octanol–water partition coefficient (Wildman–Crippen LogP) is 0.430. The van der Waals surface area contributed by atoms with Crippen LogP contribution in [0.25, 0.3) is 0 Å². The van der Waals surface area contributed by atoms with Gasteiger partial charge in [0.2, 0.25) is 0 Å². The minimum absolute atomic E-state index is 0.540. The van der Waals surface area contributed by atoms with E-state index in [2.05, 4.69) is 10.5 Å². The highest BCUT2D eigenvalue weighted by atomic mass is 16.7. The van der Waals surface area contributed by atoms with E-state index in [9.17, 15) is 4.79 Å². The van der Waals surface area contributed by atoms with Gasteiger partial charge in [-0.2, -0.15) is 5.10 Å². The molecular formula is C8H17N3O3. The Balaban J connectivity index is 4.38. The third-order valence-electron chi connectivity index (χ3n) is 1.52. The molecule has 2 amide bonds. The van der Waals surface area contributed by atoms with Crippen LogP contribution < -0.4 is 11.2 Å². The number of hydrogen-bond donors (Lipinski definition) is 2. The van der Waals surface area contributed by atoms with Gasteiger partial charge in [-0.15, -0.1) is 0 Å². The molecule has 0 unspecified atom stereocenters. The number of hydrogen-bond acceptors (Lipinski definition) is 4. The van der Waals surface area contributed by atoms with Crippen LogP contribution in [0.4, 0.5) is 4.79 Å². The summed E-state index contributed by atoms with van der Waals surface area (Å²) in [5, 5.41) is 3.80. The van der Waals surface area contributed by atoms with Crippen LogP contribution >= 0.6 is 0 Å². The Morgan fingerprint density at radius 3 is 2.43 bits per heavy atom. The van der Waals surface area contributed by atoms with E-state index in [4.69, 9.17) is 15.2 Å². The van der Waals surface area contributed by atoms with Gasteiger partial charge in [-0.05, 0) is 6.42 Å². The second-order valence-electron chi connectivity index (χ2n) is 2.63. The molecule has 14 heavy (non-hydrogen) atoms. The third kappa shape index (κ3) is 4.78. The zero-order valence-corrected chi connectivity index (χ0v) is 8.74. The molecule has 3 N–H and O–H groups in total. The normalized spacial score (nSPS) is 11.9. The number of hydrazone groups is 1. The first kappa shape index (κ1) is 12.9. The van der Waals surface area contributed by atoms with Crippen molar-refractivity contribution in [2.45, 2.75) is 26.1 Å². The summed E-state index contributed by atoms with van der Waals surface area (Å²) >= 11 is 0. The zero-order valence-electron chi connectivity index (χ0n) is 8.74. The zero-order chi connectivity index (χ0) is 11.0. The third-order valence-corrected chi connectivity index (χ3v) is 1.52. The van der Waals surface area contributed by atoms with Gasteiger partial charge in [0.1, 0.15) is 0 Å². The fourth-order valence-electron chi connectivity index (χ4n) is 0.978. The van der Waals surface area contributed by atoms with Crippen molar-refractivity contribution in [1.29, 1.82) is 0 Å². The molecule has 0 spiro atoms.